The third-order valence-electron chi connectivity index (χ3n) is 3.61. The van der Waals surface area contributed by atoms with E-state index in [1.165, 1.54) is 0 Å². The Hall–Kier alpha value is -1.43. The first-order valence-corrected chi connectivity index (χ1v) is 9.06. The molecule has 5 nitrogen and oxygen atoms in total. The third-order valence-corrected chi connectivity index (χ3v) is 3.61. The van der Waals surface area contributed by atoms with E-state index in [4.69, 9.17) is 9.47 Å². The highest BCUT2D eigenvalue weighted by Gasteiger charge is 2.14. The summed E-state index contributed by atoms with van der Waals surface area (Å²) in [5.41, 5.74) is 1.45. The number of carbonyl (C=O) groups excluding carboxylic acids is 1. The zero-order valence-electron chi connectivity index (χ0n) is 16.2. The van der Waals surface area contributed by atoms with Gasteiger partial charge in [0.15, 0.2) is 5.78 Å². The standard InChI is InChI=1S/C20H33NO4/c1-6-10-24-13-16-11-15(18(23)7-2)8-9-19(16)25-14-17(22)12-21-20(3,4)5/h8-9,11,17,21-22H,6-7,10,12-14H2,1-5H3/t17-/m1/s1. The molecule has 0 unspecified atom stereocenters. The van der Waals surface area contributed by atoms with Crippen LogP contribution in [0.1, 0.15) is 63.4 Å². The van der Waals surface area contributed by atoms with Gasteiger partial charge in [0.2, 0.25) is 0 Å². The van der Waals surface area contributed by atoms with Crippen LogP contribution in [0.4, 0.5) is 0 Å². The lowest BCUT2D eigenvalue weighted by Crippen LogP contribution is -2.42. The summed E-state index contributed by atoms with van der Waals surface area (Å²) in [6.45, 7) is 11.7. The molecule has 1 aromatic carbocycles. The van der Waals surface area contributed by atoms with Gasteiger partial charge in [0.25, 0.3) is 0 Å². The van der Waals surface area contributed by atoms with Gasteiger partial charge in [-0.05, 0) is 45.4 Å². The molecule has 25 heavy (non-hydrogen) atoms. The van der Waals surface area contributed by atoms with E-state index >= 15 is 0 Å². The topological polar surface area (TPSA) is 67.8 Å². The molecule has 1 aromatic rings. The summed E-state index contributed by atoms with van der Waals surface area (Å²) in [7, 11) is 0. The number of aliphatic hydroxyl groups is 1. The van der Waals surface area contributed by atoms with Crippen molar-refractivity contribution in [2.75, 3.05) is 19.8 Å². The van der Waals surface area contributed by atoms with Crippen LogP contribution < -0.4 is 10.1 Å². The van der Waals surface area contributed by atoms with Crippen LogP contribution in [0, 0.1) is 0 Å². The second-order valence-electron chi connectivity index (χ2n) is 7.25. The number of hydrogen-bond acceptors (Lipinski definition) is 5. The number of Topliss-reactive ketones (excluding diaryl/α,β-unsaturated/α-hetero) is 1. The van der Waals surface area contributed by atoms with Crippen molar-refractivity contribution in [1.82, 2.24) is 5.32 Å². The highest BCUT2D eigenvalue weighted by molar-refractivity contribution is 5.96. The van der Waals surface area contributed by atoms with Gasteiger partial charge in [-0.2, -0.15) is 0 Å². The van der Waals surface area contributed by atoms with Crippen molar-refractivity contribution in [3.05, 3.63) is 29.3 Å². The first kappa shape index (κ1) is 21.6. The van der Waals surface area contributed by atoms with Gasteiger partial charge in [-0.1, -0.05) is 13.8 Å². The smallest absolute Gasteiger partial charge is 0.162 e. The molecule has 0 aliphatic rings. The molecule has 1 rings (SSSR count). The molecule has 0 amide bonds. The Morgan fingerprint density at radius 1 is 1.28 bits per heavy atom. The summed E-state index contributed by atoms with van der Waals surface area (Å²) in [4.78, 5) is 11.9. The van der Waals surface area contributed by atoms with Crippen LogP contribution in [0.15, 0.2) is 18.2 Å². The summed E-state index contributed by atoms with van der Waals surface area (Å²) in [5, 5.41) is 13.3. The Balaban J connectivity index is 2.73. The fraction of sp³-hybridized carbons (Fsp3) is 0.650. The van der Waals surface area contributed by atoms with Gasteiger partial charge < -0.3 is 19.9 Å². The second kappa shape index (κ2) is 10.5. The maximum atomic E-state index is 11.9. The molecule has 0 aliphatic heterocycles. The molecule has 0 saturated heterocycles. The number of benzene rings is 1. The van der Waals surface area contributed by atoms with Crippen molar-refractivity contribution in [1.29, 1.82) is 0 Å². The van der Waals surface area contributed by atoms with Crippen LogP contribution in [0.5, 0.6) is 5.75 Å². The molecule has 142 valence electrons. The fourth-order valence-electron chi connectivity index (χ4n) is 2.21. The largest absolute Gasteiger partial charge is 0.490 e. The van der Waals surface area contributed by atoms with Crippen molar-refractivity contribution >= 4 is 5.78 Å². The molecule has 0 fully saturated rings. The first-order valence-electron chi connectivity index (χ1n) is 9.06. The highest BCUT2D eigenvalue weighted by atomic mass is 16.5. The maximum Gasteiger partial charge on any atom is 0.162 e. The number of ketones is 1. The number of aliphatic hydroxyl groups excluding tert-OH is 1. The molecule has 0 spiro atoms. The van der Waals surface area contributed by atoms with Crippen LogP contribution in [0.3, 0.4) is 0 Å². The summed E-state index contributed by atoms with van der Waals surface area (Å²) in [5.74, 6) is 0.747. The van der Waals surface area contributed by atoms with E-state index in [1.54, 1.807) is 12.1 Å². The first-order chi connectivity index (χ1) is 11.8. The Morgan fingerprint density at radius 2 is 2.00 bits per heavy atom. The van der Waals surface area contributed by atoms with Crippen molar-refractivity contribution in [2.24, 2.45) is 0 Å². The van der Waals surface area contributed by atoms with Gasteiger partial charge in [0.1, 0.15) is 18.5 Å². The lowest BCUT2D eigenvalue weighted by molar-refractivity contribution is 0.0933. The number of carbonyl (C=O) groups is 1. The van der Waals surface area contributed by atoms with Gasteiger partial charge in [-0.15, -0.1) is 0 Å². The summed E-state index contributed by atoms with van der Waals surface area (Å²) in [6, 6.07) is 5.39. The van der Waals surface area contributed by atoms with Crippen molar-refractivity contribution in [3.8, 4) is 5.75 Å². The van der Waals surface area contributed by atoms with E-state index in [9.17, 15) is 9.90 Å². The van der Waals surface area contributed by atoms with Gasteiger partial charge in [-0.3, -0.25) is 4.79 Å². The minimum Gasteiger partial charge on any atom is -0.490 e. The fourth-order valence-corrected chi connectivity index (χ4v) is 2.21. The molecule has 0 saturated carbocycles. The van der Waals surface area contributed by atoms with Crippen molar-refractivity contribution < 1.29 is 19.4 Å². The van der Waals surface area contributed by atoms with Crippen molar-refractivity contribution in [3.63, 3.8) is 0 Å². The molecule has 2 N–H and O–H groups in total. The van der Waals surface area contributed by atoms with E-state index in [0.29, 0.717) is 37.5 Å². The molecule has 1 atom stereocenters. The van der Waals surface area contributed by atoms with Gasteiger partial charge in [0, 0.05) is 36.2 Å². The average molecular weight is 351 g/mol. The normalized spacial score (nSPS) is 12.9. The molecule has 5 heteroatoms. The summed E-state index contributed by atoms with van der Waals surface area (Å²) >= 11 is 0. The van der Waals surface area contributed by atoms with Crippen LogP contribution in [0.25, 0.3) is 0 Å². The van der Waals surface area contributed by atoms with Crippen LogP contribution >= 0.6 is 0 Å². The number of rotatable bonds is 11. The van der Waals surface area contributed by atoms with Crippen molar-refractivity contribution in [2.45, 2.75) is 65.7 Å². The molecule has 0 heterocycles. The Morgan fingerprint density at radius 3 is 2.60 bits per heavy atom. The predicted molar refractivity (Wildman–Crippen MR) is 100 cm³/mol. The minimum atomic E-state index is -0.611. The quantitative estimate of drug-likeness (QED) is 0.473. The van der Waals surface area contributed by atoms with E-state index in [0.717, 1.165) is 12.0 Å². The molecule has 0 radical (unpaired) electrons. The van der Waals surface area contributed by atoms with E-state index < -0.39 is 6.10 Å². The third kappa shape index (κ3) is 8.47. The van der Waals surface area contributed by atoms with Crippen LogP contribution in [0.2, 0.25) is 0 Å². The van der Waals surface area contributed by atoms with Crippen LogP contribution in [-0.4, -0.2) is 42.3 Å². The molecule has 0 aliphatic carbocycles. The predicted octanol–water partition coefficient (Wildman–Crippen LogP) is 3.33. The lowest BCUT2D eigenvalue weighted by atomic mass is 10.1. The maximum absolute atomic E-state index is 11.9. The van der Waals surface area contributed by atoms with Gasteiger partial charge in [-0.25, -0.2) is 0 Å². The number of β-amino-alcohol motifs (C(OH)–C–C–N with tert-alkyl or cyclic N) is 1. The van der Waals surface area contributed by atoms with Gasteiger partial charge in [0.05, 0.1) is 6.61 Å². The van der Waals surface area contributed by atoms with E-state index in [-0.39, 0.29) is 17.9 Å². The lowest BCUT2D eigenvalue weighted by Gasteiger charge is -2.23. The SMILES string of the molecule is CCCOCc1cc(C(=O)CC)ccc1OC[C@H](O)CNC(C)(C)C. The Labute approximate surface area is 151 Å². The number of nitrogens with one attached hydrogen (secondary N) is 1. The highest BCUT2D eigenvalue weighted by Crippen LogP contribution is 2.22. The van der Waals surface area contributed by atoms with E-state index in [1.807, 2.05) is 40.7 Å². The molecule has 0 aromatic heterocycles. The monoisotopic (exact) mass is 351 g/mol. The zero-order chi connectivity index (χ0) is 18.9. The minimum absolute atomic E-state index is 0.0533. The number of ether oxygens (including phenoxy) is 2. The Kier molecular flexibility index (Phi) is 9.11. The summed E-state index contributed by atoms with van der Waals surface area (Å²) < 4.78 is 11.4. The van der Waals surface area contributed by atoms with E-state index in [2.05, 4.69) is 5.32 Å². The number of hydrogen-bond donors (Lipinski definition) is 2. The molecular weight excluding hydrogens is 318 g/mol. The van der Waals surface area contributed by atoms with Crippen LogP contribution in [-0.2, 0) is 11.3 Å². The second-order valence-corrected chi connectivity index (χ2v) is 7.25. The summed E-state index contributed by atoms with van der Waals surface area (Å²) in [6.07, 6.45) is 0.786. The molecule has 0 bridgehead atoms. The average Bonchev–Trinajstić information content (AvgIpc) is 2.57. The Bertz CT molecular complexity index is 537. The van der Waals surface area contributed by atoms with Gasteiger partial charge >= 0.3 is 0 Å². The zero-order valence-corrected chi connectivity index (χ0v) is 16.2. The molecular formula is C20H33NO4.